The Bertz CT molecular complexity index is 1430. The van der Waals surface area contributed by atoms with E-state index in [-0.39, 0.29) is 11.3 Å². The van der Waals surface area contributed by atoms with Crippen LogP contribution in [0.2, 0.25) is 0 Å². The topological polar surface area (TPSA) is 64.0 Å². The van der Waals surface area contributed by atoms with Crippen LogP contribution < -0.4 is 10.9 Å². The fourth-order valence-corrected chi connectivity index (χ4v) is 4.58. The van der Waals surface area contributed by atoms with Gasteiger partial charge >= 0.3 is 0 Å². The summed E-state index contributed by atoms with van der Waals surface area (Å²) in [5.41, 5.74) is 1.81. The van der Waals surface area contributed by atoms with Crippen LogP contribution in [0, 0.1) is 0 Å². The molecule has 0 bridgehead atoms. The molecule has 2 heterocycles. The van der Waals surface area contributed by atoms with Crippen molar-refractivity contribution in [3.05, 3.63) is 118 Å². The Morgan fingerprint density at radius 3 is 2.13 bits per heavy atom. The number of nitrogens with one attached hydrogen (secondary N) is 1. The number of aromatic nitrogens is 2. The van der Waals surface area contributed by atoms with E-state index in [1.54, 1.807) is 18.3 Å². The van der Waals surface area contributed by atoms with Gasteiger partial charge in [-0.1, -0.05) is 66.7 Å². The zero-order valence-electron chi connectivity index (χ0n) is 16.4. The van der Waals surface area contributed by atoms with E-state index in [1.165, 1.54) is 16.0 Å². The van der Waals surface area contributed by atoms with Crippen LogP contribution in [-0.2, 0) is 0 Å². The summed E-state index contributed by atoms with van der Waals surface area (Å²) >= 11 is 1.27. The van der Waals surface area contributed by atoms with Crippen molar-refractivity contribution >= 4 is 38.6 Å². The third-order valence-electron chi connectivity index (χ3n) is 4.93. The molecule has 5 aromatic rings. The van der Waals surface area contributed by atoms with Gasteiger partial charge in [-0.25, -0.2) is 0 Å². The van der Waals surface area contributed by atoms with E-state index in [1.807, 2.05) is 78.9 Å². The summed E-state index contributed by atoms with van der Waals surface area (Å²) in [7, 11) is 0. The number of fused-ring (bicyclic) bond motifs is 1. The number of thiophene rings is 1. The molecular weight excluding hydrogens is 406 g/mol. The van der Waals surface area contributed by atoms with Crippen LogP contribution >= 0.6 is 11.3 Å². The highest BCUT2D eigenvalue weighted by molar-refractivity contribution is 7.20. The van der Waals surface area contributed by atoms with E-state index in [2.05, 4.69) is 10.4 Å². The van der Waals surface area contributed by atoms with Crippen molar-refractivity contribution in [2.75, 3.05) is 5.32 Å². The lowest BCUT2D eigenvalue weighted by atomic mass is 10.1. The average Bonchev–Trinajstić information content (AvgIpc) is 3.19. The minimum Gasteiger partial charge on any atom is -0.347 e. The first-order chi connectivity index (χ1) is 15.2. The van der Waals surface area contributed by atoms with Gasteiger partial charge in [0.25, 0.3) is 5.56 Å². The van der Waals surface area contributed by atoms with Crippen LogP contribution in [0.4, 0.5) is 10.7 Å². The van der Waals surface area contributed by atoms with Crippen molar-refractivity contribution < 1.29 is 4.79 Å². The van der Waals surface area contributed by atoms with Gasteiger partial charge in [-0.3, -0.25) is 9.59 Å². The lowest BCUT2D eigenvalue weighted by Crippen LogP contribution is -2.21. The van der Waals surface area contributed by atoms with Crippen molar-refractivity contribution in [1.29, 1.82) is 0 Å². The van der Waals surface area contributed by atoms with Crippen LogP contribution in [0.1, 0.15) is 15.2 Å². The Kier molecular flexibility index (Phi) is 4.90. The summed E-state index contributed by atoms with van der Waals surface area (Å²) in [5.74, 6) is -0.129. The van der Waals surface area contributed by atoms with Crippen LogP contribution in [0.3, 0.4) is 0 Å². The summed E-state index contributed by atoms with van der Waals surface area (Å²) in [6.07, 6.45) is 1.60. The highest BCUT2D eigenvalue weighted by Gasteiger charge is 2.22. The quantitative estimate of drug-likeness (QED) is 0.383. The molecule has 0 amide bonds. The smallest absolute Gasteiger partial charge is 0.282 e. The van der Waals surface area contributed by atoms with Gasteiger partial charge in [-0.15, -0.1) is 11.3 Å². The zero-order valence-corrected chi connectivity index (χ0v) is 17.2. The fourth-order valence-electron chi connectivity index (χ4n) is 3.44. The first-order valence-electron chi connectivity index (χ1n) is 9.74. The Balaban J connectivity index is 1.73. The first-order valence-corrected chi connectivity index (χ1v) is 10.6. The van der Waals surface area contributed by atoms with E-state index in [0.29, 0.717) is 31.9 Å². The van der Waals surface area contributed by atoms with Gasteiger partial charge in [0.1, 0.15) is 5.00 Å². The summed E-state index contributed by atoms with van der Waals surface area (Å²) < 4.78 is 1.36. The van der Waals surface area contributed by atoms with E-state index in [4.69, 9.17) is 0 Å². The highest BCUT2D eigenvalue weighted by Crippen LogP contribution is 2.36. The molecule has 0 aliphatic carbocycles. The maximum atomic E-state index is 13.5. The predicted molar refractivity (Wildman–Crippen MR) is 125 cm³/mol. The van der Waals surface area contributed by atoms with Crippen molar-refractivity contribution in [2.24, 2.45) is 0 Å². The van der Waals surface area contributed by atoms with Gasteiger partial charge in [-0.2, -0.15) is 9.78 Å². The molecule has 0 unspecified atom stereocenters. The molecule has 0 saturated heterocycles. The first kappa shape index (κ1) is 19.0. The number of anilines is 2. The normalized spacial score (nSPS) is 10.8. The molecule has 2 aromatic heterocycles. The third kappa shape index (κ3) is 3.53. The average molecular weight is 423 g/mol. The SMILES string of the molecule is O=C(c1ccccc1)c1sc(Nc2ccccc2)c2c(=O)n(-c3ccccc3)ncc12. The van der Waals surface area contributed by atoms with E-state index in [9.17, 15) is 9.59 Å². The monoisotopic (exact) mass is 423 g/mol. The maximum absolute atomic E-state index is 13.5. The molecule has 31 heavy (non-hydrogen) atoms. The lowest BCUT2D eigenvalue weighted by molar-refractivity contribution is 0.104. The van der Waals surface area contributed by atoms with E-state index < -0.39 is 0 Å². The number of para-hydroxylation sites is 2. The lowest BCUT2D eigenvalue weighted by Gasteiger charge is -2.06. The van der Waals surface area contributed by atoms with Crippen LogP contribution in [0.15, 0.2) is 102 Å². The molecule has 0 radical (unpaired) electrons. The Morgan fingerprint density at radius 2 is 1.45 bits per heavy atom. The van der Waals surface area contributed by atoms with Crippen molar-refractivity contribution in [2.45, 2.75) is 0 Å². The second kappa shape index (κ2) is 8.01. The minimum atomic E-state index is -0.273. The van der Waals surface area contributed by atoms with Crippen LogP contribution in [0.5, 0.6) is 0 Å². The number of ketones is 1. The maximum Gasteiger partial charge on any atom is 0.282 e. The molecule has 5 nitrogen and oxygen atoms in total. The van der Waals surface area contributed by atoms with Gasteiger partial charge < -0.3 is 5.32 Å². The number of hydrogen-bond donors (Lipinski definition) is 1. The van der Waals surface area contributed by atoms with Gasteiger partial charge in [0.2, 0.25) is 5.78 Å². The molecule has 0 spiro atoms. The van der Waals surface area contributed by atoms with E-state index >= 15 is 0 Å². The molecule has 6 heteroatoms. The molecular formula is C25H17N3O2S. The summed E-state index contributed by atoms with van der Waals surface area (Å²) in [4.78, 5) is 27.2. The summed E-state index contributed by atoms with van der Waals surface area (Å²) in [6, 6.07) is 27.9. The number of carbonyl (C=O) groups excluding carboxylic acids is 1. The molecule has 0 saturated carbocycles. The Hall–Kier alpha value is -4.03. The number of benzene rings is 3. The summed E-state index contributed by atoms with van der Waals surface area (Å²) in [5, 5.41) is 9.31. The zero-order chi connectivity index (χ0) is 21.2. The third-order valence-corrected chi connectivity index (χ3v) is 6.05. The Labute approximate surface area is 182 Å². The second-order valence-electron chi connectivity index (χ2n) is 6.93. The van der Waals surface area contributed by atoms with Crippen LogP contribution in [0.25, 0.3) is 16.5 Å². The fraction of sp³-hybridized carbons (Fsp3) is 0. The molecule has 0 atom stereocenters. The molecule has 150 valence electrons. The molecule has 0 aliphatic heterocycles. The summed E-state index contributed by atoms with van der Waals surface area (Å²) in [6.45, 7) is 0. The standard InChI is InChI=1S/C25H17N3O2S/c29-22(17-10-4-1-5-11-17)23-20-16-26-28(19-14-8-3-9-15-19)25(30)21(20)24(31-23)27-18-12-6-2-7-13-18/h1-16,27H. The van der Waals surface area contributed by atoms with E-state index in [0.717, 1.165) is 5.69 Å². The van der Waals surface area contributed by atoms with Gasteiger partial charge in [-0.05, 0) is 24.3 Å². The molecule has 1 N–H and O–H groups in total. The molecule has 3 aromatic carbocycles. The minimum absolute atomic E-state index is 0.129. The number of carbonyl (C=O) groups is 1. The molecule has 0 aliphatic rings. The van der Waals surface area contributed by atoms with Gasteiger partial charge in [0, 0.05) is 16.6 Å². The molecule has 5 rings (SSSR count). The second-order valence-corrected chi connectivity index (χ2v) is 7.95. The predicted octanol–water partition coefficient (Wildman–Crippen LogP) is 5.42. The van der Waals surface area contributed by atoms with Gasteiger partial charge in [0.05, 0.1) is 22.1 Å². The van der Waals surface area contributed by atoms with Gasteiger partial charge in [0.15, 0.2) is 0 Å². The Morgan fingerprint density at radius 1 is 0.839 bits per heavy atom. The number of rotatable bonds is 5. The number of hydrogen-bond acceptors (Lipinski definition) is 5. The van der Waals surface area contributed by atoms with Crippen molar-refractivity contribution in [3.63, 3.8) is 0 Å². The largest absolute Gasteiger partial charge is 0.347 e. The van der Waals surface area contributed by atoms with Crippen molar-refractivity contribution in [3.8, 4) is 5.69 Å². The van der Waals surface area contributed by atoms with Crippen LogP contribution in [-0.4, -0.2) is 15.6 Å². The van der Waals surface area contributed by atoms with Crippen molar-refractivity contribution in [1.82, 2.24) is 9.78 Å². The highest BCUT2D eigenvalue weighted by atomic mass is 32.1. The number of nitrogens with zero attached hydrogens (tertiary/aromatic N) is 2. The molecule has 0 fully saturated rings.